The normalized spacial score (nSPS) is 12.6. The minimum Gasteiger partial charge on any atom is -0.326 e. The zero-order valence-electron chi connectivity index (χ0n) is 13.0. The molecule has 2 aromatic carbocycles. The van der Waals surface area contributed by atoms with Gasteiger partial charge in [0, 0.05) is 21.7 Å². The topological polar surface area (TPSA) is 63.2 Å². The molecule has 1 unspecified atom stereocenters. The number of hydrogen-bond donors (Lipinski definition) is 1. The van der Waals surface area contributed by atoms with Crippen molar-refractivity contribution in [3.63, 3.8) is 0 Å². The monoisotopic (exact) mass is 385 g/mol. The van der Waals surface area contributed by atoms with Gasteiger partial charge in [0.15, 0.2) is 9.84 Å². The molecule has 2 aromatic rings. The third-order valence-corrected chi connectivity index (χ3v) is 5.78. The van der Waals surface area contributed by atoms with E-state index in [1.807, 2.05) is 0 Å². The molecular weight excluding hydrogens is 369 g/mol. The molecule has 0 aliphatic heterocycles. The van der Waals surface area contributed by atoms with Gasteiger partial charge in [-0.15, -0.1) is 0 Å². The number of carbonyl (C=O) groups is 1. The fraction of sp³-hybridized carbons (Fsp3) is 0.235. The summed E-state index contributed by atoms with van der Waals surface area (Å²) in [6, 6.07) is 13.4. The highest BCUT2D eigenvalue weighted by atomic mass is 35.5. The Bertz CT molecular complexity index is 820. The number of benzene rings is 2. The number of hydrogen-bond acceptors (Lipinski definition) is 3. The average molecular weight is 386 g/mol. The summed E-state index contributed by atoms with van der Waals surface area (Å²) in [6.45, 7) is 1.58. The Labute approximate surface area is 151 Å². The third-order valence-electron chi connectivity index (χ3n) is 3.40. The summed E-state index contributed by atoms with van der Waals surface area (Å²) < 4.78 is 24.6. The Morgan fingerprint density at radius 2 is 1.71 bits per heavy atom. The van der Waals surface area contributed by atoms with E-state index in [0.717, 1.165) is 0 Å². The second kappa shape index (κ2) is 8.01. The minimum absolute atomic E-state index is 0.189. The highest BCUT2D eigenvalue weighted by Gasteiger charge is 2.22. The van der Waals surface area contributed by atoms with Gasteiger partial charge >= 0.3 is 0 Å². The van der Waals surface area contributed by atoms with Crippen molar-refractivity contribution >= 4 is 44.6 Å². The molecule has 128 valence electrons. The van der Waals surface area contributed by atoms with Crippen molar-refractivity contribution in [3.05, 3.63) is 64.1 Å². The number of carbonyl (C=O) groups excluding carboxylic acids is 1. The summed E-state index contributed by atoms with van der Waals surface area (Å²) in [5.41, 5.74) is 1.10. The molecule has 0 aromatic heterocycles. The highest BCUT2D eigenvalue weighted by molar-refractivity contribution is 7.90. The number of sulfone groups is 1. The van der Waals surface area contributed by atoms with E-state index in [-0.39, 0.29) is 17.4 Å². The van der Waals surface area contributed by atoms with Crippen LogP contribution in [0.1, 0.15) is 12.5 Å². The van der Waals surface area contributed by atoms with Gasteiger partial charge in [0.25, 0.3) is 0 Å². The molecule has 7 heteroatoms. The Morgan fingerprint density at radius 3 is 2.33 bits per heavy atom. The number of anilines is 1. The quantitative estimate of drug-likeness (QED) is 0.810. The first kappa shape index (κ1) is 18.8. The van der Waals surface area contributed by atoms with Gasteiger partial charge in [-0.2, -0.15) is 0 Å². The standard InChI is InChI=1S/C17H17Cl2NO3S/c1-12(17(21)20-15-8-6-14(18)7-9-15)10-24(22,23)11-13-4-2-3-5-16(13)19/h2-9,12H,10-11H2,1H3,(H,20,21). The van der Waals surface area contributed by atoms with Gasteiger partial charge < -0.3 is 5.32 Å². The van der Waals surface area contributed by atoms with Crippen molar-refractivity contribution in [1.29, 1.82) is 0 Å². The maximum Gasteiger partial charge on any atom is 0.228 e. The van der Waals surface area contributed by atoms with Crippen LogP contribution in [0.4, 0.5) is 5.69 Å². The largest absolute Gasteiger partial charge is 0.326 e. The van der Waals surface area contributed by atoms with Crippen LogP contribution < -0.4 is 5.32 Å². The van der Waals surface area contributed by atoms with Crippen molar-refractivity contribution < 1.29 is 13.2 Å². The molecule has 1 atom stereocenters. The first-order valence-electron chi connectivity index (χ1n) is 7.27. The van der Waals surface area contributed by atoms with E-state index in [4.69, 9.17) is 23.2 Å². The van der Waals surface area contributed by atoms with E-state index in [1.165, 1.54) is 0 Å². The molecule has 0 spiro atoms. The van der Waals surface area contributed by atoms with Crippen molar-refractivity contribution in [2.45, 2.75) is 12.7 Å². The van der Waals surface area contributed by atoms with Gasteiger partial charge in [0.2, 0.25) is 5.91 Å². The number of rotatable bonds is 6. The molecule has 4 nitrogen and oxygen atoms in total. The number of nitrogens with one attached hydrogen (secondary N) is 1. The van der Waals surface area contributed by atoms with E-state index in [0.29, 0.717) is 21.3 Å². The van der Waals surface area contributed by atoms with Gasteiger partial charge in [-0.3, -0.25) is 4.79 Å². The van der Waals surface area contributed by atoms with Gasteiger partial charge in [-0.1, -0.05) is 48.3 Å². The summed E-state index contributed by atoms with van der Waals surface area (Å²) in [4.78, 5) is 12.2. The van der Waals surface area contributed by atoms with Crippen LogP contribution in [0, 0.1) is 5.92 Å². The number of halogens is 2. The molecule has 0 bridgehead atoms. The second-order valence-electron chi connectivity index (χ2n) is 5.54. The van der Waals surface area contributed by atoms with Gasteiger partial charge in [-0.05, 0) is 35.9 Å². The number of amides is 1. The fourth-order valence-electron chi connectivity index (χ4n) is 2.17. The smallest absolute Gasteiger partial charge is 0.228 e. The molecule has 24 heavy (non-hydrogen) atoms. The lowest BCUT2D eigenvalue weighted by Crippen LogP contribution is -2.27. The first-order valence-corrected chi connectivity index (χ1v) is 9.85. The van der Waals surface area contributed by atoms with Crippen LogP contribution in [0.3, 0.4) is 0 Å². The van der Waals surface area contributed by atoms with Crippen molar-refractivity contribution in [2.75, 3.05) is 11.1 Å². The lowest BCUT2D eigenvalue weighted by Gasteiger charge is -2.13. The SMILES string of the molecule is CC(CS(=O)(=O)Cc1ccccc1Cl)C(=O)Nc1ccc(Cl)cc1. The minimum atomic E-state index is -3.47. The maximum absolute atomic E-state index is 12.3. The van der Waals surface area contributed by atoms with Crippen molar-refractivity contribution in [3.8, 4) is 0 Å². The van der Waals surface area contributed by atoms with Crippen LogP contribution in [0.15, 0.2) is 48.5 Å². The van der Waals surface area contributed by atoms with Crippen LogP contribution in [0.5, 0.6) is 0 Å². The Balaban J connectivity index is 1.99. The zero-order chi connectivity index (χ0) is 17.7. The molecule has 0 saturated heterocycles. The molecule has 0 saturated carbocycles. The van der Waals surface area contributed by atoms with Crippen LogP contribution in [-0.4, -0.2) is 20.1 Å². The third kappa shape index (κ3) is 5.51. The Hall–Kier alpha value is -1.56. The lowest BCUT2D eigenvalue weighted by atomic mass is 10.2. The van der Waals surface area contributed by atoms with Crippen LogP contribution in [0.25, 0.3) is 0 Å². The van der Waals surface area contributed by atoms with Crippen LogP contribution >= 0.6 is 23.2 Å². The van der Waals surface area contributed by atoms with E-state index < -0.39 is 15.8 Å². The molecule has 0 radical (unpaired) electrons. The molecule has 0 heterocycles. The predicted molar refractivity (Wildman–Crippen MR) is 98.2 cm³/mol. The van der Waals surface area contributed by atoms with E-state index >= 15 is 0 Å². The van der Waals surface area contributed by atoms with Crippen LogP contribution in [0.2, 0.25) is 10.0 Å². The lowest BCUT2D eigenvalue weighted by molar-refractivity contribution is -0.118. The molecule has 0 aliphatic carbocycles. The molecular formula is C17H17Cl2NO3S. The zero-order valence-corrected chi connectivity index (χ0v) is 15.3. The summed E-state index contributed by atoms with van der Waals surface area (Å²) in [6.07, 6.45) is 0. The van der Waals surface area contributed by atoms with Crippen molar-refractivity contribution in [1.82, 2.24) is 0 Å². The van der Waals surface area contributed by atoms with E-state index in [1.54, 1.807) is 55.5 Å². The Kier molecular flexibility index (Phi) is 6.27. The molecule has 2 rings (SSSR count). The van der Waals surface area contributed by atoms with Gasteiger partial charge in [0.05, 0.1) is 11.5 Å². The molecule has 0 fully saturated rings. The summed E-state index contributed by atoms with van der Waals surface area (Å²) >= 11 is 11.8. The van der Waals surface area contributed by atoms with E-state index in [9.17, 15) is 13.2 Å². The van der Waals surface area contributed by atoms with Crippen LogP contribution in [-0.2, 0) is 20.4 Å². The second-order valence-corrected chi connectivity index (χ2v) is 8.50. The predicted octanol–water partition coefficient (Wildman–Crippen LogP) is 4.18. The average Bonchev–Trinajstić information content (AvgIpc) is 2.51. The first-order chi connectivity index (χ1) is 11.3. The Morgan fingerprint density at radius 1 is 1.08 bits per heavy atom. The molecule has 1 N–H and O–H groups in total. The summed E-state index contributed by atoms with van der Waals surface area (Å²) in [5.74, 6) is -1.49. The molecule has 1 amide bonds. The van der Waals surface area contributed by atoms with Gasteiger partial charge in [-0.25, -0.2) is 8.42 Å². The summed E-state index contributed by atoms with van der Waals surface area (Å²) in [5, 5.41) is 3.64. The molecule has 0 aliphatic rings. The maximum atomic E-state index is 12.3. The fourth-order valence-corrected chi connectivity index (χ4v) is 4.33. The van der Waals surface area contributed by atoms with Gasteiger partial charge in [0.1, 0.15) is 0 Å². The highest BCUT2D eigenvalue weighted by Crippen LogP contribution is 2.20. The van der Waals surface area contributed by atoms with E-state index in [2.05, 4.69) is 5.32 Å². The van der Waals surface area contributed by atoms with Crippen molar-refractivity contribution in [2.24, 2.45) is 5.92 Å². The summed E-state index contributed by atoms with van der Waals surface area (Å²) in [7, 11) is -3.47.